The maximum atomic E-state index is 11.3. The highest BCUT2D eigenvalue weighted by Gasteiger charge is 2.22. The van der Waals surface area contributed by atoms with Gasteiger partial charge in [0, 0.05) is 23.7 Å². The number of hydrogen-bond acceptors (Lipinski definition) is 5. The maximum absolute atomic E-state index is 11.3. The summed E-state index contributed by atoms with van der Waals surface area (Å²) in [6.45, 7) is 4.24. The van der Waals surface area contributed by atoms with Gasteiger partial charge in [0.15, 0.2) is 0 Å². The van der Waals surface area contributed by atoms with E-state index in [1.54, 1.807) is 12.3 Å². The molecule has 0 unspecified atom stereocenters. The smallest absolute Gasteiger partial charge is 0.262 e. The Morgan fingerprint density at radius 1 is 1.35 bits per heavy atom. The molecule has 1 aromatic carbocycles. The van der Waals surface area contributed by atoms with Gasteiger partial charge in [-0.1, -0.05) is 12.1 Å². The number of hydrogen-bond donors (Lipinski definition) is 0. The summed E-state index contributed by atoms with van der Waals surface area (Å²) in [7, 11) is 0. The maximum Gasteiger partial charge on any atom is 0.262 e. The first-order valence-electron chi connectivity index (χ1n) is 6.77. The zero-order chi connectivity index (χ0) is 14.7. The summed E-state index contributed by atoms with van der Waals surface area (Å²) < 4.78 is 0. The van der Waals surface area contributed by atoms with E-state index in [1.165, 1.54) is 18.6 Å². The van der Waals surface area contributed by atoms with Gasteiger partial charge in [-0.2, -0.15) is 5.10 Å². The molecule has 0 aromatic heterocycles. The molecule has 1 aliphatic heterocycles. The Balaban J connectivity index is 2.18. The van der Waals surface area contributed by atoms with Gasteiger partial charge in [0.05, 0.1) is 11.1 Å². The normalized spacial score (nSPS) is 23.2. The van der Waals surface area contributed by atoms with Gasteiger partial charge in [-0.05, 0) is 38.9 Å². The minimum absolute atomic E-state index is 0.365. The Bertz CT molecular complexity index is 520. The van der Waals surface area contributed by atoms with Gasteiger partial charge < -0.3 is 5.11 Å². The van der Waals surface area contributed by atoms with Crippen molar-refractivity contribution in [3.63, 3.8) is 0 Å². The summed E-state index contributed by atoms with van der Waals surface area (Å²) in [5.74, 6) is -0.577. The monoisotopic (exact) mass is 276 g/mol. The van der Waals surface area contributed by atoms with Crippen LogP contribution in [-0.2, 0) is 0 Å². The molecule has 1 fully saturated rings. The van der Waals surface area contributed by atoms with E-state index in [2.05, 4.69) is 18.9 Å². The van der Waals surface area contributed by atoms with Gasteiger partial charge in [-0.25, -0.2) is 0 Å². The third-order valence-electron chi connectivity index (χ3n) is 3.67. The van der Waals surface area contributed by atoms with Crippen molar-refractivity contribution in [3.8, 4) is 5.75 Å². The predicted octanol–water partition coefficient (Wildman–Crippen LogP) is 2.27. The number of nitrogens with zero attached hydrogens (tertiary/aromatic N) is 3. The molecule has 2 rings (SSSR count). The van der Waals surface area contributed by atoms with Crippen LogP contribution in [0.3, 0.4) is 0 Å². The first-order valence-corrected chi connectivity index (χ1v) is 6.77. The molecule has 0 spiro atoms. The second-order valence-electron chi connectivity index (χ2n) is 5.24. The molecule has 6 heteroatoms. The van der Waals surface area contributed by atoms with Crippen LogP contribution in [0.15, 0.2) is 23.3 Å². The molecule has 1 aromatic rings. The van der Waals surface area contributed by atoms with Crippen LogP contribution in [0.4, 0.5) is 5.69 Å². The number of piperidine rings is 1. The van der Waals surface area contributed by atoms with E-state index in [0.717, 1.165) is 12.8 Å². The van der Waals surface area contributed by atoms with Crippen molar-refractivity contribution in [2.24, 2.45) is 5.10 Å². The first-order chi connectivity index (χ1) is 9.49. The van der Waals surface area contributed by atoms with Gasteiger partial charge in [0.1, 0.15) is 0 Å². The Kier molecular flexibility index (Phi) is 4.22. The average Bonchev–Trinajstić information content (AvgIpc) is 2.39. The fraction of sp³-hybridized carbons (Fsp3) is 0.500. The Morgan fingerprint density at radius 2 is 2.00 bits per heavy atom. The van der Waals surface area contributed by atoms with Crippen LogP contribution in [0.5, 0.6) is 5.75 Å². The molecule has 1 heterocycles. The van der Waals surface area contributed by atoms with Gasteiger partial charge in [0.25, 0.3) is 5.69 Å². The molecule has 1 saturated heterocycles. The third kappa shape index (κ3) is 3.07. The van der Waals surface area contributed by atoms with Crippen molar-refractivity contribution >= 4 is 11.9 Å². The van der Waals surface area contributed by atoms with E-state index in [4.69, 9.17) is 0 Å². The van der Waals surface area contributed by atoms with E-state index < -0.39 is 16.4 Å². The Morgan fingerprint density at radius 3 is 2.60 bits per heavy atom. The second-order valence-corrected chi connectivity index (χ2v) is 5.24. The van der Waals surface area contributed by atoms with Crippen LogP contribution in [-0.4, -0.2) is 28.2 Å². The fourth-order valence-electron chi connectivity index (χ4n) is 2.53. The third-order valence-corrected chi connectivity index (χ3v) is 3.67. The van der Waals surface area contributed by atoms with Crippen LogP contribution in [0.1, 0.15) is 38.7 Å². The minimum atomic E-state index is -0.661. The highest BCUT2D eigenvalue weighted by Crippen LogP contribution is 2.24. The lowest BCUT2D eigenvalue weighted by atomic mass is 10.00. The molecule has 108 valence electrons. The summed E-state index contributed by atoms with van der Waals surface area (Å²) >= 11 is 0. The number of nitro groups is 1. The van der Waals surface area contributed by atoms with E-state index in [9.17, 15) is 15.2 Å². The molecule has 0 saturated carbocycles. The van der Waals surface area contributed by atoms with E-state index in [-0.39, 0.29) is 0 Å². The quantitative estimate of drug-likeness (QED) is 0.481. The summed E-state index contributed by atoms with van der Waals surface area (Å²) in [4.78, 5) is 10.1. The van der Waals surface area contributed by atoms with Crippen molar-refractivity contribution in [2.45, 2.75) is 45.2 Å². The number of rotatable bonds is 3. The SMILES string of the molecule is C[C@@H]1CCC[C@H](C)N1/N=C\c1ccc([O-])c([N+](=O)[O-])c1. The topological polar surface area (TPSA) is 81.8 Å². The molecule has 0 amide bonds. The zero-order valence-electron chi connectivity index (χ0n) is 11.7. The average molecular weight is 276 g/mol. The predicted molar refractivity (Wildman–Crippen MR) is 74.8 cm³/mol. The van der Waals surface area contributed by atoms with Gasteiger partial charge in [0.2, 0.25) is 0 Å². The Hall–Kier alpha value is -2.11. The van der Waals surface area contributed by atoms with Crippen LogP contribution < -0.4 is 5.11 Å². The molecule has 0 radical (unpaired) electrons. The van der Waals surface area contributed by atoms with E-state index in [0.29, 0.717) is 17.6 Å². The minimum Gasteiger partial charge on any atom is -0.868 e. The molecule has 1 aliphatic rings. The molecule has 0 N–H and O–H groups in total. The summed E-state index contributed by atoms with van der Waals surface area (Å²) in [5.41, 5.74) is 0.162. The van der Waals surface area contributed by atoms with Crippen molar-refractivity contribution in [1.82, 2.24) is 5.01 Å². The number of hydrazone groups is 1. The van der Waals surface area contributed by atoms with Crippen molar-refractivity contribution in [3.05, 3.63) is 33.9 Å². The van der Waals surface area contributed by atoms with Crippen molar-refractivity contribution in [2.75, 3.05) is 0 Å². The molecule has 20 heavy (non-hydrogen) atoms. The van der Waals surface area contributed by atoms with Gasteiger partial charge in [-0.15, -0.1) is 0 Å². The fourth-order valence-corrected chi connectivity index (χ4v) is 2.53. The highest BCUT2D eigenvalue weighted by atomic mass is 16.6. The lowest BCUT2D eigenvalue weighted by Crippen LogP contribution is -2.39. The van der Waals surface area contributed by atoms with Crippen LogP contribution in [0.2, 0.25) is 0 Å². The zero-order valence-corrected chi connectivity index (χ0v) is 11.7. The lowest BCUT2D eigenvalue weighted by Gasteiger charge is -2.36. The van der Waals surface area contributed by atoms with Gasteiger partial charge in [-0.3, -0.25) is 15.1 Å². The summed E-state index contributed by atoms with van der Waals surface area (Å²) in [6, 6.07) is 4.76. The van der Waals surface area contributed by atoms with Crippen molar-refractivity contribution < 1.29 is 10.0 Å². The van der Waals surface area contributed by atoms with Crippen LogP contribution in [0, 0.1) is 10.1 Å². The van der Waals surface area contributed by atoms with Crippen LogP contribution in [0.25, 0.3) is 0 Å². The van der Waals surface area contributed by atoms with Gasteiger partial charge >= 0.3 is 0 Å². The summed E-state index contributed by atoms with van der Waals surface area (Å²) in [6.07, 6.45) is 4.98. The number of nitro benzene ring substituents is 1. The van der Waals surface area contributed by atoms with E-state index in [1.807, 2.05) is 5.01 Å². The van der Waals surface area contributed by atoms with E-state index >= 15 is 0 Å². The largest absolute Gasteiger partial charge is 0.868 e. The number of benzene rings is 1. The summed E-state index contributed by atoms with van der Waals surface area (Å²) in [5, 5.41) is 28.5. The molecular weight excluding hydrogens is 258 g/mol. The first kappa shape index (κ1) is 14.3. The second kappa shape index (κ2) is 5.90. The molecule has 0 bridgehead atoms. The highest BCUT2D eigenvalue weighted by molar-refractivity contribution is 5.81. The molecule has 0 aliphatic carbocycles. The van der Waals surface area contributed by atoms with Crippen LogP contribution >= 0.6 is 0 Å². The standard InChI is InChI=1S/C14H19N3O3/c1-10-4-3-5-11(2)16(10)15-9-12-6-7-14(18)13(8-12)17(19)20/h6-11,18H,3-5H2,1-2H3/p-1/b15-9-/t10-,11+. The van der Waals surface area contributed by atoms with Crippen molar-refractivity contribution in [1.29, 1.82) is 0 Å². The molecule has 6 nitrogen and oxygen atoms in total. The molecule has 2 atom stereocenters. The Labute approximate surface area is 117 Å². The molecular formula is C14H18N3O3-. The lowest BCUT2D eigenvalue weighted by molar-refractivity contribution is -0.398.